The Morgan fingerprint density at radius 1 is 1.24 bits per heavy atom. The first-order valence-electron chi connectivity index (χ1n) is 7.17. The fraction of sp³-hybridized carbons (Fsp3) is 0.278. The van der Waals surface area contributed by atoms with Crippen LogP contribution in [0.1, 0.15) is 40.2 Å². The van der Waals surface area contributed by atoms with Crippen molar-refractivity contribution in [3.63, 3.8) is 0 Å². The van der Waals surface area contributed by atoms with E-state index in [9.17, 15) is 4.79 Å². The van der Waals surface area contributed by atoms with Crippen LogP contribution < -0.4 is 4.74 Å². The molecule has 3 rings (SSSR count). The molecule has 0 amide bonds. The van der Waals surface area contributed by atoms with Crippen molar-refractivity contribution in [2.45, 2.75) is 25.7 Å². The molecule has 0 spiro atoms. The molecule has 0 aromatic heterocycles. The zero-order chi connectivity index (χ0) is 14.8. The van der Waals surface area contributed by atoms with E-state index in [1.54, 1.807) is 0 Å². The molecule has 1 aliphatic heterocycles. The Labute approximate surface area is 138 Å². The molecular weight excluding hydrogens is 375 g/mol. The largest absolute Gasteiger partial charge is 0.493 e. The molecule has 1 heterocycles. The van der Waals surface area contributed by atoms with E-state index in [0.717, 1.165) is 26.9 Å². The van der Waals surface area contributed by atoms with Gasteiger partial charge in [0.1, 0.15) is 5.75 Å². The number of aryl methyl sites for hydroxylation is 1. The van der Waals surface area contributed by atoms with Gasteiger partial charge in [0, 0.05) is 15.6 Å². The minimum absolute atomic E-state index is 0.227. The molecule has 3 heteroatoms. The molecule has 0 fully saturated rings. The zero-order valence-corrected chi connectivity index (χ0v) is 14.1. The van der Waals surface area contributed by atoms with Gasteiger partial charge in [-0.05, 0) is 59.0 Å². The van der Waals surface area contributed by atoms with Crippen LogP contribution in [-0.2, 0) is 0 Å². The van der Waals surface area contributed by atoms with Crippen molar-refractivity contribution in [2.24, 2.45) is 0 Å². The summed E-state index contributed by atoms with van der Waals surface area (Å²) in [6, 6.07) is 14.0. The summed E-state index contributed by atoms with van der Waals surface area (Å²) in [6.45, 7) is 2.74. The van der Waals surface area contributed by atoms with E-state index < -0.39 is 0 Å². The lowest BCUT2D eigenvalue weighted by molar-refractivity contribution is 0.0965. The lowest BCUT2D eigenvalue weighted by Gasteiger charge is -2.25. The third-order valence-corrected chi connectivity index (χ3v) is 5.44. The van der Waals surface area contributed by atoms with E-state index in [4.69, 9.17) is 4.74 Å². The van der Waals surface area contributed by atoms with E-state index in [-0.39, 0.29) is 11.7 Å². The fourth-order valence-corrected chi connectivity index (χ4v) is 3.48. The maximum atomic E-state index is 12.7. The van der Waals surface area contributed by atoms with Gasteiger partial charge >= 0.3 is 0 Å². The Hall–Kier alpha value is -1.36. The predicted molar refractivity (Wildman–Crippen MR) is 92.1 cm³/mol. The number of Topliss-reactive ketones (excluding diaryl/α,β-unsaturated/α-hetero) is 1. The molecule has 2 aromatic carbocycles. The van der Waals surface area contributed by atoms with Crippen LogP contribution in [0.15, 0.2) is 42.5 Å². The average molecular weight is 392 g/mol. The molecule has 0 saturated heterocycles. The van der Waals surface area contributed by atoms with Gasteiger partial charge in [0.05, 0.1) is 6.61 Å². The smallest absolute Gasteiger partial charge is 0.164 e. The van der Waals surface area contributed by atoms with Crippen LogP contribution in [0.25, 0.3) is 0 Å². The minimum Gasteiger partial charge on any atom is -0.493 e. The second kappa shape index (κ2) is 6.18. The van der Waals surface area contributed by atoms with Gasteiger partial charge in [-0.1, -0.05) is 36.4 Å². The van der Waals surface area contributed by atoms with Crippen molar-refractivity contribution in [3.05, 3.63) is 62.7 Å². The maximum Gasteiger partial charge on any atom is 0.164 e. The van der Waals surface area contributed by atoms with Crippen LogP contribution in [-0.4, -0.2) is 12.4 Å². The van der Waals surface area contributed by atoms with Crippen LogP contribution in [0.3, 0.4) is 0 Å². The SMILES string of the molecule is Cc1cccc(C(=O)CC2CCOc3ccccc32)c1I. The van der Waals surface area contributed by atoms with Crippen LogP contribution in [0.4, 0.5) is 0 Å². The second-order valence-corrected chi connectivity index (χ2v) is 6.51. The number of benzene rings is 2. The first kappa shape index (κ1) is 14.6. The van der Waals surface area contributed by atoms with Crippen molar-refractivity contribution in [1.82, 2.24) is 0 Å². The highest BCUT2D eigenvalue weighted by Gasteiger charge is 2.24. The summed E-state index contributed by atoms with van der Waals surface area (Å²) in [5.41, 5.74) is 3.17. The molecule has 1 unspecified atom stereocenters. The van der Waals surface area contributed by atoms with Crippen molar-refractivity contribution >= 4 is 28.4 Å². The van der Waals surface area contributed by atoms with E-state index in [0.29, 0.717) is 13.0 Å². The molecule has 0 radical (unpaired) electrons. The van der Waals surface area contributed by atoms with Crippen LogP contribution in [0.5, 0.6) is 5.75 Å². The lowest BCUT2D eigenvalue weighted by Crippen LogP contribution is -2.17. The highest BCUT2D eigenvalue weighted by Crippen LogP contribution is 2.36. The van der Waals surface area contributed by atoms with Crippen LogP contribution >= 0.6 is 22.6 Å². The molecule has 21 heavy (non-hydrogen) atoms. The van der Waals surface area contributed by atoms with E-state index in [1.807, 2.05) is 43.3 Å². The van der Waals surface area contributed by atoms with E-state index >= 15 is 0 Å². The molecule has 1 atom stereocenters. The first-order valence-corrected chi connectivity index (χ1v) is 8.24. The average Bonchev–Trinajstić information content (AvgIpc) is 2.50. The Kier molecular flexibility index (Phi) is 4.29. The summed E-state index contributed by atoms with van der Waals surface area (Å²) < 4.78 is 6.74. The molecule has 0 aliphatic carbocycles. The molecule has 2 nitrogen and oxygen atoms in total. The summed E-state index contributed by atoms with van der Waals surface area (Å²) in [5.74, 6) is 1.42. The maximum absolute atomic E-state index is 12.7. The minimum atomic E-state index is 0.227. The van der Waals surface area contributed by atoms with Gasteiger partial charge in [-0.3, -0.25) is 4.79 Å². The molecule has 0 bridgehead atoms. The number of hydrogen-bond acceptors (Lipinski definition) is 2. The van der Waals surface area contributed by atoms with Crippen molar-refractivity contribution in [1.29, 1.82) is 0 Å². The van der Waals surface area contributed by atoms with E-state index in [1.165, 1.54) is 5.56 Å². The number of carbonyl (C=O) groups excluding carboxylic acids is 1. The molecule has 1 aliphatic rings. The quantitative estimate of drug-likeness (QED) is 0.557. The molecule has 2 aromatic rings. The van der Waals surface area contributed by atoms with Gasteiger partial charge in [-0.2, -0.15) is 0 Å². The number of rotatable bonds is 3. The Morgan fingerprint density at radius 2 is 2.05 bits per heavy atom. The summed E-state index contributed by atoms with van der Waals surface area (Å²) in [6.07, 6.45) is 1.46. The Morgan fingerprint density at radius 3 is 2.90 bits per heavy atom. The summed E-state index contributed by atoms with van der Waals surface area (Å²) in [5, 5.41) is 0. The Bertz CT molecular complexity index is 679. The molecule has 0 saturated carbocycles. The van der Waals surface area contributed by atoms with Gasteiger partial charge in [0.25, 0.3) is 0 Å². The van der Waals surface area contributed by atoms with Gasteiger partial charge in [0.2, 0.25) is 0 Å². The number of hydrogen-bond donors (Lipinski definition) is 0. The number of halogens is 1. The van der Waals surface area contributed by atoms with Gasteiger partial charge in [-0.15, -0.1) is 0 Å². The number of para-hydroxylation sites is 1. The number of ketones is 1. The van der Waals surface area contributed by atoms with Crippen LogP contribution in [0.2, 0.25) is 0 Å². The Balaban J connectivity index is 1.85. The molecule has 108 valence electrons. The monoisotopic (exact) mass is 392 g/mol. The standard InChI is InChI=1S/C18H17IO2/c1-12-5-4-7-15(18(12)19)16(20)11-13-9-10-21-17-8-3-2-6-14(13)17/h2-8,13H,9-11H2,1H3. The fourth-order valence-electron chi connectivity index (χ4n) is 2.82. The van der Waals surface area contributed by atoms with Gasteiger partial charge in [-0.25, -0.2) is 0 Å². The predicted octanol–water partition coefficient (Wildman–Crippen LogP) is 4.74. The van der Waals surface area contributed by atoms with Crippen LogP contribution in [0, 0.1) is 10.5 Å². The third-order valence-electron chi connectivity index (χ3n) is 4.01. The number of fused-ring (bicyclic) bond motifs is 1. The number of carbonyl (C=O) groups is 1. The normalized spacial score (nSPS) is 17.0. The molecular formula is C18H17IO2. The first-order chi connectivity index (χ1) is 10.2. The summed E-state index contributed by atoms with van der Waals surface area (Å²) in [4.78, 5) is 12.7. The van der Waals surface area contributed by atoms with E-state index in [2.05, 4.69) is 28.7 Å². The van der Waals surface area contributed by atoms with Gasteiger partial charge in [0.15, 0.2) is 5.78 Å². The third kappa shape index (κ3) is 2.98. The highest BCUT2D eigenvalue weighted by atomic mass is 127. The number of ether oxygens (including phenoxy) is 1. The topological polar surface area (TPSA) is 26.3 Å². The second-order valence-electron chi connectivity index (χ2n) is 5.44. The highest BCUT2D eigenvalue weighted by molar-refractivity contribution is 14.1. The summed E-state index contributed by atoms with van der Waals surface area (Å²) in [7, 11) is 0. The lowest BCUT2D eigenvalue weighted by atomic mass is 9.87. The van der Waals surface area contributed by atoms with Crippen molar-refractivity contribution < 1.29 is 9.53 Å². The summed E-state index contributed by atoms with van der Waals surface area (Å²) >= 11 is 2.27. The van der Waals surface area contributed by atoms with Gasteiger partial charge < -0.3 is 4.74 Å². The van der Waals surface area contributed by atoms with Crippen molar-refractivity contribution in [2.75, 3.05) is 6.61 Å². The zero-order valence-electron chi connectivity index (χ0n) is 11.9. The molecule has 0 N–H and O–H groups in total. The van der Waals surface area contributed by atoms with Crippen molar-refractivity contribution in [3.8, 4) is 5.75 Å².